The summed E-state index contributed by atoms with van der Waals surface area (Å²) < 4.78 is 2.26. The van der Waals surface area contributed by atoms with Crippen LogP contribution in [0.15, 0.2) is 10.7 Å². The molecule has 1 rings (SSSR count). The molecular weight excluding hydrogens is 260 g/mol. The molecule has 0 aliphatic heterocycles. The highest BCUT2D eigenvalue weighted by Crippen LogP contribution is 2.16. The molecule has 0 bridgehead atoms. The predicted octanol–water partition coefficient (Wildman–Crippen LogP) is 1.10. The van der Waals surface area contributed by atoms with Gasteiger partial charge in [-0.25, -0.2) is 0 Å². The van der Waals surface area contributed by atoms with Crippen LogP contribution in [0.25, 0.3) is 0 Å². The fraction of sp³-hybridized carbons (Fsp3) is 0.556. The molecule has 5 nitrogen and oxygen atoms in total. The van der Waals surface area contributed by atoms with Crippen LogP contribution in [0.3, 0.4) is 0 Å². The monoisotopic (exact) mass is 274 g/mol. The van der Waals surface area contributed by atoms with Crippen LogP contribution in [0.4, 0.5) is 5.82 Å². The van der Waals surface area contributed by atoms with E-state index in [4.69, 9.17) is 5.73 Å². The highest BCUT2D eigenvalue weighted by atomic mass is 79.9. The molecular formula is C9H15BrN4O. The van der Waals surface area contributed by atoms with Gasteiger partial charge in [0.1, 0.15) is 6.54 Å². The van der Waals surface area contributed by atoms with E-state index in [-0.39, 0.29) is 12.5 Å². The number of aromatic nitrogens is 2. The van der Waals surface area contributed by atoms with E-state index in [1.54, 1.807) is 15.8 Å². The second-order valence-corrected chi connectivity index (χ2v) is 3.98. The maximum absolute atomic E-state index is 11.7. The van der Waals surface area contributed by atoms with Crippen LogP contribution < -0.4 is 5.73 Å². The standard InChI is InChI=1S/C9H15BrN4O/c1-3-13(4-2)8(15)6-14-5-7(10)9(11)12-14/h5H,3-4,6H2,1-2H3,(H2,11,12). The van der Waals surface area contributed by atoms with E-state index in [2.05, 4.69) is 21.0 Å². The number of anilines is 1. The third-order valence-electron chi connectivity index (χ3n) is 2.16. The van der Waals surface area contributed by atoms with E-state index in [0.29, 0.717) is 18.9 Å². The summed E-state index contributed by atoms with van der Waals surface area (Å²) in [7, 11) is 0. The van der Waals surface area contributed by atoms with Gasteiger partial charge in [0.15, 0.2) is 5.82 Å². The van der Waals surface area contributed by atoms with Crippen molar-refractivity contribution in [3.63, 3.8) is 0 Å². The molecule has 0 aliphatic carbocycles. The topological polar surface area (TPSA) is 64.2 Å². The minimum atomic E-state index is 0.0509. The number of nitrogens with two attached hydrogens (primary N) is 1. The molecule has 0 saturated heterocycles. The van der Waals surface area contributed by atoms with Gasteiger partial charge >= 0.3 is 0 Å². The predicted molar refractivity (Wildman–Crippen MR) is 62.3 cm³/mol. The Hall–Kier alpha value is -1.04. The third-order valence-corrected chi connectivity index (χ3v) is 2.77. The average molecular weight is 275 g/mol. The van der Waals surface area contributed by atoms with Crippen LogP contribution in [0, 0.1) is 0 Å². The van der Waals surface area contributed by atoms with Gasteiger partial charge in [-0.05, 0) is 29.8 Å². The van der Waals surface area contributed by atoms with Gasteiger partial charge in [-0.2, -0.15) is 5.10 Å². The molecule has 0 aliphatic rings. The van der Waals surface area contributed by atoms with Crippen molar-refractivity contribution in [1.82, 2.24) is 14.7 Å². The van der Waals surface area contributed by atoms with Crippen LogP contribution >= 0.6 is 15.9 Å². The molecule has 1 aromatic rings. The molecule has 1 aromatic heterocycles. The molecule has 0 fully saturated rings. The van der Waals surface area contributed by atoms with Crippen LogP contribution in [0.5, 0.6) is 0 Å². The zero-order chi connectivity index (χ0) is 11.4. The Balaban J connectivity index is 2.65. The number of nitrogen functional groups attached to an aromatic ring is 1. The summed E-state index contributed by atoms with van der Waals surface area (Å²) in [6, 6.07) is 0. The van der Waals surface area contributed by atoms with Gasteiger partial charge in [-0.1, -0.05) is 0 Å². The third kappa shape index (κ3) is 2.95. The number of nitrogens with zero attached hydrogens (tertiary/aromatic N) is 3. The van der Waals surface area contributed by atoms with Crippen LogP contribution in [-0.4, -0.2) is 33.7 Å². The lowest BCUT2D eigenvalue weighted by Crippen LogP contribution is -2.33. The summed E-state index contributed by atoms with van der Waals surface area (Å²) in [5, 5.41) is 4.00. The summed E-state index contributed by atoms with van der Waals surface area (Å²) in [5.41, 5.74) is 5.55. The van der Waals surface area contributed by atoms with Crippen molar-refractivity contribution in [3.8, 4) is 0 Å². The highest BCUT2D eigenvalue weighted by Gasteiger charge is 2.11. The molecule has 1 heterocycles. The number of rotatable bonds is 4. The minimum absolute atomic E-state index is 0.0509. The molecule has 6 heteroatoms. The minimum Gasteiger partial charge on any atom is -0.381 e. The quantitative estimate of drug-likeness (QED) is 0.894. The summed E-state index contributed by atoms with van der Waals surface area (Å²) in [5.74, 6) is 0.456. The van der Waals surface area contributed by atoms with Crippen molar-refractivity contribution in [2.24, 2.45) is 0 Å². The van der Waals surface area contributed by atoms with Crippen LogP contribution in [0.2, 0.25) is 0 Å². The first-order valence-electron chi connectivity index (χ1n) is 4.84. The molecule has 0 saturated carbocycles. The first-order chi connectivity index (χ1) is 7.08. The van der Waals surface area contributed by atoms with Crippen molar-refractivity contribution in [2.75, 3.05) is 18.8 Å². The molecule has 0 radical (unpaired) electrons. The Bertz CT molecular complexity index is 326. The second-order valence-electron chi connectivity index (χ2n) is 3.13. The lowest BCUT2D eigenvalue weighted by Gasteiger charge is -2.18. The number of carbonyl (C=O) groups excluding carboxylic acids is 1. The smallest absolute Gasteiger partial charge is 0.244 e. The highest BCUT2D eigenvalue weighted by molar-refractivity contribution is 9.10. The lowest BCUT2D eigenvalue weighted by atomic mass is 10.4. The van der Waals surface area contributed by atoms with Crippen molar-refractivity contribution < 1.29 is 4.79 Å². The molecule has 15 heavy (non-hydrogen) atoms. The van der Waals surface area contributed by atoms with E-state index in [0.717, 1.165) is 4.47 Å². The van der Waals surface area contributed by atoms with Gasteiger partial charge in [0.25, 0.3) is 0 Å². The Labute approximate surface area is 97.4 Å². The first-order valence-corrected chi connectivity index (χ1v) is 5.64. The number of likely N-dealkylation sites (N-methyl/N-ethyl adjacent to an activating group) is 1. The maximum Gasteiger partial charge on any atom is 0.244 e. The molecule has 0 unspecified atom stereocenters. The Morgan fingerprint density at radius 3 is 2.60 bits per heavy atom. The average Bonchev–Trinajstić information content (AvgIpc) is 2.47. The van der Waals surface area contributed by atoms with E-state index >= 15 is 0 Å². The van der Waals surface area contributed by atoms with Gasteiger partial charge in [0, 0.05) is 19.3 Å². The zero-order valence-corrected chi connectivity index (χ0v) is 10.5. The number of carbonyl (C=O) groups is 1. The van der Waals surface area contributed by atoms with Crippen LogP contribution in [0.1, 0.15) is 13.8 Å². The molecule has 1 amide bonds. The van der Waals surface area contributed by atoms with Crippen molar-refractivity contribution in [1.29, 1.82) is 0 Å². The van der Waals surface area contributed by atoms with E-state index in [9.17, 15) is 4.79 Å². The molecule has 0 atom stereocenters. The van der Waals surface area contributed by atoms with Crippen molar-refractivity contribution >= 4 is 27.7 Å². The SMILES string of the molecule is CCN(CC)C(=O)Cn1cc(Br)c(N)n1. The van der Waals surface area contributed by atoms with E-state index in [1.807, 2.05) is 13.8 Å². The zero-order valence-electron chi connectivity index (χ0n) is 8.90. The summed E-state index contributed by atoms with van der Waals surface area (Å²) >= 11 is 3.24. The maximum atomic E-state index is 11.7. The lowest BCUT2D eigenvalue weighted by molar-refractivity contribution is -0.131. The van der Waals surface area contributed by atoms with E-state index < -0.39 is 0 Å². The molecule has 0 spiro atoms. The number of amides is 1. The summed E-state index contributed by atoms with van der Waals surface area (Å²) in [6.07, 6.45) is 1.71. The molecule has 2 N–H and O–H groups in total. The summed E-state index contributed by atoms with van der Waals surface area (Å²) in [4.78, 5) is 13.5. The fourth-order valence-electron chi connectivity index (χ4n) is 1.31. The molecule has 84 valence electrons. The number of hydrogen-bond donors (Lipinski definition) is 1. The normalized spacial score (nSPS) is 10.3. The number of hydrogen-bond acceptors (Lipinski definition) is 3. The van der Waals surface area contributed by atoms with Crippen molar-refractivity contribution in [2.45, 2.75) is 20.4 Å². The van der Waals surface area contributed by atoms with Crippen molar-refractivity contribution in [3.05, 3.63) is 10.7 Å². The Kier molecular flexibility index (Phi) is 4.14. The summed E-state index contributed by atoms with van der Waals surface area (Å²) in [6.45, 7) is 5.57. The number of halogens is 1. The Morgan fingerprint density at radius 2 is 2.20 bits per heavy atom. The van der Waals surface area contributed by atoms with Gasteiger partial charge in [-0.3, -0.25) is 9.48 Å². The van der Waals surface area contributed by atoms with Gasteiger partial charge in [0.2, 0.25) is 5.91 Å². The van der Waals surface area contributed by atoms with Crippen LogP contribution in [-0.2, 0) is 11.3 Å². The Morgan fingerprint density at radius 1 is 1.60 bits per heavy atom. The van der Waals surface area contributed by atoms with Gasteiger partial charge in [-0.15, -0.1) is 0 Å². The largest absolute Gasteiger partial charge is 0.381 e. The fourth-order valence-corrected chi connectivity index (χ4v) is 1.62. The van der Waals surface area contributed by atoms with Gasteiger partial charge in [0.05, 0.1) is 4.47 Å². The van der Waals surface area contributed by atoms with E-state index in [1.165, 1.54) is 0 Å². The second kappa shape index (κ2) is 5.16. The van der Waals surface area contributed by atoms with Gasteiger partial charge < -0.3 is 10.6 Å². The molecule has 0 aromatic carbocycles. The first kappa shape index (κ1) is 12.0.